The zero-order valence-electron chi connectivity index (χ0n) is 17.2. The molecule has 168 valence electrons. The van der Waals surface area contributed by atoms with Crippen LogP contribution in [0.25, 0.3) is 5.69 Å². The number of hydrogen-bond donors (Lipinski definition) is 1. The fourth-order valence-electron chi connectivity index (χ4n) is 2.97. The number of carbonyl (C=O) groups is 1. The van der Waals surface area contributed by atoms with Gasteiger partial charge in [0.2, 0.25) is 10.0 Å². The summed E-state index contributed by atoms with van der Waals surface area (Å²) in [4.78, 5) is 23.0. The molecule has 1 atom stereocenters. The van der Waals surface area contributed by atoms with Crippen LogP contribution in [0.4, 0.5) is 5.69 Å². The van der Waals surface area contributed by atoms with E-state index in [1.165, 1.54) is 53.5 Å². The van der Waals surface area contributed by atoms with Crippen LogP contribution >= 0.6 is 0 Å². The van der Waals surface area contributed by atoms with Crippen LogP contribution in [-0.2, 0) is 19.6 Å². The average Bonchev–Trinajstić information content (AvgIpc) is 3.27. The Balaban J connectivity index is 1.98. The Hall–Kier alpha value is -3.71. The second-order valence-electron chi connectivity index (χ2n) is 6.98. The number of sulfonamides is 1. The van der Waals surface area contributed by atoms with Crippen LogP contribution in [0.15, 0.2) is 59.8 Å². The number of ether oxygens (including phenoxy) is 1. The Morgan fingerprint density at radius 2 is 1.97 bits per heavy atom. The molecule has 2 aromatic carbocycles. The van der Waals surface area contributed by atoms with Gasteiger partial charge in [-0.25, -0.2) is 17.8 Å². The lowest BCUT2D eigenvalue weighted by Crippen LogP contribution is -2.31. The predicted octanol–water partition coefficient (Wildman–Crippen LogP) is 1.93. The quantitative estimate of drug-likeness (QED) is 0.286. The molecule has 0 aliphatic heterocycles. The van der Waals surface area contributed by atoms with Crippen LogP contribution in [0.5, 0.6) is 0 Å². The Labute approximate surface area is 183 Å². The number of tetrazole rings is 1. The molecule has 32 heavy (non-hydrogen) atoms. The smallest absolute Gasteiger partial charge is 0.308 e. The lowest BCUT2D eigenvalue weighted by atomic mass is 10.0. The molecule has 1 unspecified atom stereocenters. The van der Waals surface area contributed by atoms with Gasteiger partial charge in [0.25, 0.3) is 5.69 Å². The summed E-state index contributed by atoms with van der Waals surface area (Å²) in [5, 5.41) is 22.2. The number of nitrogens with one attached hydrogen (secondary N) is 1. The Morgan fingerprint density at radius 1 is 1.22 bits per heavy atom. The van der Waals surface area contributed by atoms with Gasteiger partial charge in [-0.2, -0.15) is 0 Å². The van der Waals surface area contributed by atoms with E-state index in [0.717, 1.165) is 0 Å². The van der Waals surface area contributed by atoms with Crippen LogP contribution in [0, 0.1) is 10.1 Å². The summed E-state index contributed by atoms with van der Waals surface area (Å²) in [5.41, 5.74) is 0.109. The topological polar surface area (TPSA) is 159 Å². The molecule has 3 aromatic rings. The molecule has 0 spiro atoms. The fraction of sp³-hybridized carbons (Fsp3) is 0.263. The van der Waals surface area contributed by atoms with Crippen molar-refractivity contribution in [3.63, 3.8) is 0 Å². The highest BCUT2D eigenvalue weighted by Crippen LogP contribution is 2.29. The van der Waals surface area contributed by atoms with E-state index < -0.39 is 39.5 Å². The maximum absolute atomic E-state index is 13.1. The first kappa shape index (κ1) is 23.0. The van der Waals surface area contributed by atoms with Gasteiger partial charge in [0.1, 0.15) is 6.33 Å². The SMILES string of the molecule is CC(C)OC(=O)CC(NS(=O)(=O)c1cccc(-n2cnnn2)c1)c1ccccc1[N+](=O)[O-]. The van der Waals surface area contributed by atoms with E-state index in [1.807, 2.05) is 0 Å². The highest BCUT2D eigenvalue weighted by Gasteiger charge is 2.29. The van der Waals surface area contributed by atoms with Crippen molar-refractivity contribution in [2.45, 2.75) is 37.3 Å². The summed E-state index contributed by atoms with van der Waals surface area (Å²) in [6.45, 7) is 3.29. The van der Waals surface area contributed by atoms with Gasteiger partial charge in [-0.05, 0) is 42.5 Å². The van der Waals surface area contributed by atoms with Gasteiger partial charge in [0.15, 0.2) is 0 Å². The van der Waals surface area contributed by atoms with Crippen molar-refractivity contribution in [2.75, 3.05) is 0 Å². The zero-order chi connectivity index (χ0) is 23.3. The van der Waals surface area contributed by atoms with Crippen molar-refractivity contribution in [1.82, 2.24) is 24.9 Å². The number of esters is 1. The first-order valence-corrected chi connectivity index (χ1v) is 10.9. The third-order valence-electron chi connectivity index (χ3n) is 4.29. The first-order valence-electron chi connectivity index (χ1n) is 9.46. The van der Waals surface area contributed by atoms with Crippen LogP contribution < -0.4 is 4.72 Å². The standard InChI is InChI=1S/C19H20N6O6S/c1-13(2)31-19(26)11-17(16-8-3-4-9-18(16)25(27)28)21-32(29,30)15-7-5-6-14(10-15)24-12-20-22-23-24/h3-10,12-13,17,21H,11H2,1-2H3. The van der Waals surface area contributed by atoms with Gasteiger partial charge in [0.05, 0.1) is 34.1 Å². The van der Waals surface area contributed by atoms with Crippen LogP contribution in [0.1, 0.15) is 31.9 Å². The molecule has 1 aromatic heterocycles. The monoisotopic (exact) mass is 460 g/mol. The van der Waals surface area contributed by atoms with Crippen molar-refractivity contribution in [1.29, 1.82) is 0 Å². The molecule has 0 saturated carbocycles. The van der Waals surface area contributed by atoms with E-state index in [9.17, 15) is 23.3 Å². The largest absolute Gasteiger partial charge is 0.463 e. The molecule has 0 radical (unpaired) electrons. The summed E-state index contributed by atoms with van der Waals surface area (Å²) >= 11 is 0. The number of nitrogens with zero attached hydrogens (tertiary/aromatic N) is 5. The van der Waals surface area contributed by atoms with Crippen LogP contribution in [-0.4, -0.2) is 45.6 Å². The number of para-hydroxylation sites is 1. The maximum atomic E-state index is 13.1. The molecule has 12 nitrogen and oxygen atoms in total. The average molecular weight is 460 g/mol. The lowest BCUT2D eigenvalue weighted by molar-refractivity contribution is -0.385. The molecular formula is C19H20N6O6S. The van der Waals surface area contributed by atoms with E-state index >= 15 is 0 Å². The van der Waals surface area contributed by atoms with Gasteiger partial charge in [0, 0.05) is 11.6 Å². The highest BCUT2D eigenvalue weighted by molar-refractivity contribution is 7.89. The molecule has 0 saturated heterocycles. The summed E-state index contributed by atoms with van der Waals surface area (Å²) < 4.78 is 35.1. The number of benzene rings is 2. The molecule has 1 N–H and O–H groups in total. The molecule has 3 rings (SSSR count). The number of rotatable bonds is 9. The number of carbonyl (C=O) groups excluding carboxylic acids is 1. The van der Waals surface area contributed by atoms with Gasteiger partial charge < -0.3 is 4.74 Å². The lowest BCUT2D eigenvalue weighted by Gasteiger charge is -2.19. The van der Waals surface area contributed by atoms with Gasteiger partial charge in [-0.3, -0.25) is 14.9 Å². The second-order valence-corrected chi connectivity index (χ2v) is 8.70. The molecule has 0 aliphatic carbocycles. The first-order chi connectivity index (χ1) is 15.2. The van der Waals surface area contributed by atoms with Crippen molar-refractivity contribution in [3.05, 3.63) is 70.5 Å². The normalized spacial score (nSPS) is 12.5. The van der Waals surface area contributed by atoms with E-state index in [-0.39, 0.29) is 16.1 Å². The van der Waals surface area contributed by atoms with Crippen molar-refractivity contribution in [3.8, 4) is 5.69 Å². The minimum Gasteiger partial charge on any atom is -0.463 e. The van der Waals surface area contributed by atoms with Crippen molar-refractivity contribution >= 4 is 21.7 Å². The van der Waals surface area contributed by atoms with E-state index in [4.69, 9.17) is 4.74 Å². The molecule has 0 fully saturated rings. The van der Waals surface area contributed by atoms with Crippen molar-refractivity contribution in [2.24, 2.45) is 0 Å². The van der Waals surface area contributed by atoms with Gasteiger partial charge >= 0.3 is 5.97 Å². The third kappa shape index (κ3) is 5.50. The zero-order valence-corrected chi connectivity index (χ0v) is 18.0. The number of hydrogen-bond acceptors (Lipinski definition) is 9. The Kier molecular flexibility index (Phi) is 6.90. The number of nitro groups is 1. The summed E-state index contributed by atoms with van der Waals surface area (Å²) in [5.74, 6) is -0.701. The fourth-order valence-corrected chi connectivity index (χ4v) is 4.22. The molecule has 0 aliphatic rings. The third-order valence-corrected chi connectivity index (χ3v) is 5.76. The van der Waals surface area contributed by atoms with Gasteiger partial charge in [-0.15, -0.1) is 5.10 Å². The molecule has 0 amide bonds. The Morgan fingerprint density at radius 3 is 2.62 bits per heavy atom. The minimum absolute atomic E-state index is 0.0402. The minimum atomic E-state index is -4.20. The van der Waals surface area contributed by atoms with Crippen LogP contribution in [0.3, 0.4) is 0 Å². The van der Waals surface area contributed by atoms with E-state index in [0.29, 0.717) is 5.69 Å². The van der Waals surface area contributed by atoms with Crippen molar-refractivity contribution < 1.29 is 22.9 Å². The van der Waals surface area contributed by atoms with E-state index in [2.05, 4.69) is 20.2 Å². The summed E-state index contributed by atoms with van der Waals surface area (Å²) in [6.07, 6.45) is 0.435. The molecular weight excluding hydrogens is 440 g/mol. The van der Waals surface area contributed by atoms with E-state index in [1.54, 1.807) is 19.9 Å². The Bertz CT molecular complexity index is 1210. The maximum Gasteiger partial charge on any atom is 0.308 e. The molecule has 1 heterocycles. The van der Waals surface area contributed by atoms with Gasteiger partial charge in [-0.1, -0.05) is 24.3 Å². The summed E-state index contributed by atoms with van der Waals surface area (Å²) in [7, 11) is -4.20. The molecule has 0 bridgehead atoms. The second kappa shape index (κ2) is 9.62. The predicted molar refractivity (Wildman–Crippen MR) is 111 cm³/mol. The molecule has 13 heteroatoms. The van der Waals surface area contributed by atoms with Crippen LogP contribution in [0.2, 0.25) is 0 Å². The summed E-state index contributed by atoms with van der Waals surface area (Å²) in [6, 6.07) is 10.2. The number of nitro benzene ring substituents is 1. The number of aromatic nitrogens is 4. The highest BCUT2D eigenvalue weighted by atomic mass is 32.2.